The molecule has 0 spiro atoms. The molecule has 6 heteroatoms. The second-order valence-corrected chi connectivity index (χ2v) is 4.62. The van der Waals surface area contributed by atoms with E-state index in [1.807, 2.05) is 12.1 Å². The van der Waals surface area contributed by atoms with E-state index in [9.17, 15) is 0 Å². The zero-order valence-electron chi connectivity index (χ0n) is 12.1. The van der Waals surface area contributed by atoms with E-state index in [0.717, 1.165) is 5.69 Å². The molecule has 2 N–H and O–H groups in total. The van der Waals surface area contributed by atoms with Crippen LogP contribution >= 0.6 is 0 Å². The van der Waals surface area contributed by atoms with Gasteiger partial charge in [0.15, 0.2) is 0 Å². The Bertz CT molecular complexity index is 546. The molecule has 6 nitrogen and oxygen atoms in total. The minimum atomic E-state index is 0.269. The third kappa shape index (κ3) is 3.34. The van der Waals surface area contributed by atoms with Crippen LogP contribution in [0, 0.1) is 0 Å². The lowest BCUT2D eigenvalue weighted by Gasteiger charge is -2.09. The van der Waals surface area contributed by atoms with Crippen LogP contribution in [0.3, 0.4) is 0 Å². The molecule has 2 aromatic rings. The number of benzene rings is 1. The summed E-state index contributed by atoms with van der Waals surface area (Å²) < 4.78 is 5.04. The molecule has 1 aromatic heterocycles. The summed E-state index contributed by atoms with van der Waals surface area (Å²) >= 11 is 0. The molecule has 1 heterocycles. The number of aromatic nitrogens is 3. The Morgan fingerprint density at radius 2 is 1.65 bits per heavy atom. The predicted octanol–water partition coefficient (Wildman–Crippen LogP) is 2.79. The summed E-state index contributed by atoms with van der Waals surface area (Å²) in [6, 6.07) is 8.45. The van der Waals surface area contributed by atoms with Crippen LogP contribution in [0.5, 0.6) is 6.01 Å². The van der Waals surface area contributed by atoms with Crippen LogP contribution in [0.2, 0.25) is 0 Å². The highest BCUT2D eigenvalue weighted by Crippen LogP contribution is 2.20. The number of rotatable bonds is 5. The van der Waals surface area contributed by atoms with Crippen LogP contribution in [0.4, 0.5) is 17.6 Å². The van der Waals surface area contributed by atoms with Gasteiger partial charge in [-0.25, -0.2) is 0 Å². The molecule has 0 amide bonds. The number of ether oxygens (including phenoxy) is 1. The van der Waals surface area contributed by atoms with Crippen LogP contribution in [0.1, 0.15) is 25.3 Å². The molecule has 0 saturated heterocycles. The molecule has 1 aromatic carbocycles. The summed E-state index contributed by atoms with van der Waals surface area (Å²) in [5.74, 6) is 1.41. The SMILES string of the molecule is CNc1nc(Nc2ccc(C(C)C)cc2)nc(OC)n1. The largest absolute Gasteiger partial charge is 0.467 e. The average molecular weight is 273 g/mol. The van der Waals surface area contributed by atoms with E-state index >= 15 is 0 Å². The lowest BCUT2D eigenvalue weighted by atomic mass is 10.0. The molecular weight excluding hydrogens is 254 g/mol. The van der Waals surface area contributed by atoms with Crippen molar-refractivity contribution in [3.8, 4) is 6.01 Å². The van der Waals surface area contributed by atoms with Crippen molar-refractivity contribution in [2.75, 3.05) is 24.8 Å². The smallest absolute Gasteiger partial charge is 0.322 e. The molecule has 0 aliphatic heterocycles. The number of nitrogens with zero attached hydrogens (tertiary/aromatic N) is 3. The van der Waals surface area contributed by atoms with Gasteiger partial charge in [0.1, 0.15) is 0 Å². The molecule has 0 saturated carbocycles. The Hall–Kier alpha value is -2.37. The van der Waals surface area contributed by atoms with Crippen molar-refractivity contribution in [2.45, 2.75) is 19.8 Å². The van der Waals surface area contributed by atoms with Crippen molar-refractivity contribution in [3.05, 3.63) is 29.8 Å². The van der Waals surface area contributed by atoms with Crippen molar-refractivity contribution in [1.82, 2.24) is 15.0 Å². The predicted molar refractivity (Wildman–Crippen MR) is 79.7 cm³/mol. The first-order valence-corrected chi connectivity index (χ1v) is 6.47. The first-order valence-electron chi connectivity index (χ1n) is 6.47. The fraction of sp³-hybridized carbons (Fsp3) is 0.357. The van der Waals surface area contributed by atoms with Crippen molar-refractivity contribution >= 4 is 17.6 Å². The first-order chi connectivity index (χ1) is 9.62. The fourth-order valence-electron chi connectivity index (χ4n) is 1.70. The maximum absolute atomic E-state index is 5.04. The number of hydrogen-bond acceptors (Lipinski definition) is 6. The van der Waals surface area contributed by atoms with Gasteiger partial charge in [-0.3, -0.25) is 0 Å². The monoisotopic (exact) mass is 273 g/mol. The average Bonchev–Trinajstić information content (AvgIpc) is 2.47. The topological polar surface area (TPSA) is 72.0 Å². The van der Waals surface area contributed by atoms with Crippen molar-refractivity contribution in [2.24, 2.45) is 0 Å². The normalized spacial score (nSPS) is 10.4. The van der Waals surface area contributed by atoms with Crippen LogP contribution in [0.15, 0.2) is 24.3 Å². The Labute approximate surface area is 118 Å². The Morgan fingerprint density at radius 1 is 1.00 bits per heavy atom. The standard InChI is InChI=1S/C14H19N5O/c1-9(2)10-5-7-11(8-6-10)16-13-17-12(15-3)18-14(19-13)20-4/h5-9H,1-4H3,(H2,15,16,17,18,19). The maximum atomic E-state index is 5.04. The van der Waals surface area contributed by atoms with Crippen LogP contribution in [-0.2, 0) is 0 Å². The van der Waals surface area contributed by atoms with Gasteiger partial charge in [0.25, 0.3) is 0 Å². The summed E-state index contributed by atoms with van der Waals surface area (Å²) in [6.07, 6.45) is 0. The lowest BCUT2D eigenvalue weighted by molar-refractivity contribution is 0.379. The zero-order chi connectivity index (χ0) is 14.5. The molecule has 0 atom stereocenters. The highest BCUT2D eigenvalue weighted by molar-refractivity contribution is 5.55. The van der Waals surface area contributed by atoms with Gasteiger partial charge in [0.2, 0.25) is 11.9 Å². The van der Waals surface area contributed by atoms with E-state index in [-0.39, 0.29) is 6.01 Å². The van der Waals surface area contributed by atoms with Gasteiger partial charge in [-0.2, -0.15) is 15.0 Å². The molecule has 2 rings (SSSR count). The van der Waals surface area contributed by atoms with E-state index < -0.39 is 0 Å². The summed E-state index contributed by atoms with van der Waals surface area (Å²) in [5.41, 5.74) is 2.21. The van der Waals surface area contributed by atoms with Gasteiger partial charge in [0, 0.05) is 12.7 Å². The first kappa shape index (κ1) is 14.0. The van der Waals surface area contributed by atoms with Crippen molar-refractivity contribution in [1.29, 1.82) is 0 Å². The van der Waals surface area contributed by atoms with Crippen LogP contribution in [0.25, 0.3) is 0 Å². The highest BCUT2D eigenvalue weighted by Gasteiger charge is 2.06. The molecule has 0 fully saturated rings. The minimum absolute atomic E-state index is 0.269. The third-order valence-corrected chi connectivity index (χ3v) is 2.85. The van der Waals surface area contributed by atoms with E-state index in [2.05, 4.69) is 51.6 Å². The van der Waals surface area contributed by atoms with Crippen molar-refractivity contribution in [3.63, 3.8) is 0 Å². The molecule has 0 aliphatic rings. The molecule has 20 heavy (non-hydrogen) atoms. The zero-order valence-corrected chi connectivity index (χ0v) is 12.1. The van der Waals surface area contributed by atoms with E-state index in [1.165, 1.54) is 12.7 Å². The summed E-state index contributed by atoms with van der Waals surface area (Å²) in [6.45, 7) is 4.33. The lowest BCUT2D eigenvalue weighted by Crippen LogP contribution is -2.05. The third-order valence-electron chi connectivity index (χ3n) is 2.85. The summed E-state index contributed by atoms with van der Waals surface area (Å²) in [4.78, 5) is 12.4. The Morgan fingerprint density at radius 3 is 2.20 bits per heavy atom. The molecule has 0 aliphatic carbocycles. The van der Waals surface area contributed by atoms with Gasteiger partial charge in [-0.15, -0.1) is 0 Å². The van der Waals surface area contributed by atoms with Gasteiger partial charge in [-0.1, -0.05) is 26.0 Å². The van der Waals surface area contributed by atoms with E-state index in [0.29, 0.717) is 17.8 Å². The molecular formula is C14H19N5O. The summed E-state index contributed by atoms with van der Waals surface area (Å²) in [7, 11) is 3.27. The molecule has 106 valence electrons. The van der Waals surface area contributed by atoms with Gasteiger partial charge in [-0.05, 0) is 23.6 Å². The van der Waals surface area contributed by atoms with Gasteiger partial charge < -0.3 is 15.4 Å². The second-order valence-electron chi connectivity index (χ2n) is 4.62. The number of nitrogens with one attached hydrogen (secondary N) is 2. The molecule has 0 bridgehead atoms. The fourth-order valence-corrected chi connectivity index (χ4v) is 1.70. The van der Waals surface area contributed by atoms with Crippen molar-refractivity contribution < 1.29 is 4.74 Å². The van der Waals surface area contributed by atoms with E-state index in [4.69, 9.17) is 4.74 Å². The highest BCUT2D eigenvalue weighted by atomic mass is 16.5. The van der Waals surface area contributed by atoms with Gasteiger partial charge >= 0.3 is 6.01 Å². The Balaban J connectivity index is 2.20. The Kier molecular flexibility index (Phi) is 4.34. The molecule has 0 unspecified atom stereocenters. The van der Waals surface area contributed by atoms with E-state index in [1.54, 1.807) is 7.05 Å². The minimum Gasteiger partial charge on any atom is -0.467 e. The molecule has 0 radical (unpaired) electrons. The number of hydrogen-bond donors (Lipinski definition) is 2. The quantitative estimate of drug-likeness (QED) is 0.872. The van der Waals surface area contributed by atoms with Gasteiger partial charge in [0.05, 0.1) is 7.11 Å². The second kappa shape index (κ2) is 6.18. The summed E-state index contributed by atoms with van der Waals surface area (Å²) in [5, 5.41) is 6.01. The number of anilines is 3. The maximum Gasteiger partial charge on any atom is 0.322 e. The van der Waals surface area contributed by atoms with Crippen LogP contribution in [-0.4, -0.2) is 29.1 Å². The van der Waals surface area contributed by atoms with Crippen LogP contribution < -0.4 is 15.4 Å². The number of methoxy groups -OCH3 is 1.